The Bertz CT molecular complexity index is 65.4. The quantitative estimate of drug-likeness (QED) is 0.456. The molecule has 0 amide bonds. The second-order valence-corrected chi connectivity index (χ2v) is 6.63. The van der Waals surface area contributed by atoms with Gasteiger partial charge in [0.2, 0.25) is 0 Å². The van der Waals surface area contributed by atoms with Crippen molar-refractivity contribution in [2.24, 2.45) is 0 Å². The van der Waals surface area contributed by atoms with Crippen LogP contribution in [-0.2, 0) is 0 Å². The number of hydrogen-bond donors (Lipinski definition) is 0. The standard InChI is InChI=1S/C2H3F5Te/c1-8(6,7)2(3,4)5/h1H3. The van der Waals surface area contributed by atoms with Gasteiger partial charge in [0.05, 0.1) is 0 Å². The van der Waals surface area contributed by atoms with Crippen LogP contribution in [0.1, 0.15) is 0 Å². The van der Waals surface area contributed by atoms with Gasteiger partial charge in [0.25, 0.3) is 0 Å². The molecule has 0 unspecified atom stereocenters. The van der Waals surface area contributed by atoms with Gasteiger partial charge in [-0.25, -0.2) is 0 Å². The van der Waals surface area contributed by atoms with E-state index >= 15 is 0 Å². The minimum absolute atomic E-state index is 0.00250. The monoisotopic (exact) mass is 252 g/mol. The molecule has 0 aromatic carbocycles. The predicted molar refractivity (Wildman–Crippen MR) is 19.9 cm³/mol. The van der Waals surface area contributed by atoms with Gasteiger partial charge in [0, 0.05) is 0 Å². The molecule has 0 N–H and O–H groups in total. The van der Waals surface area contributed by atoms with Gasteiger partial charge in [-0.05, 0) is 0 Å². The predicted octanol–water partition coefficient (Wildman–Crippen LogP) is 2.10. The fraction of sp³-hybridized carbons (Fsp3) is 1.00. The Morgan fingerprint density at radius 3 is 1.25 bits per heavy atom. The molecule has 0 aliphatic heterocycles. The maximum atomic E-state index is 11.3. The first-order valence-corrected chi connectivity index (χ1v) is 6.75. The van der Waals surface area contributed by atoms with Gasteiger partial charge >= 0.3 is 47.5 Å². The van der Waals surface area contributed by atoms with E-state index in [1.54, 1.807) is 0 Å². The molecule has 6 heteroatoms. The van der Waals surface area contributed by atoms with Crippen LogP contribution in [0.5, 0.6) is 0 Å². The molecular weight excluding hydrogens is 247 g/mol. The van der Waals surface area contributed by atoms with Gasteiger partial charge in [-0.15, -0.1) is 0 Å². The third-order valence-electron chi connectivity index (χ3n) is 0.406. The van der Waals surface area contributed by atoms with Crippen LogP contribution < -0.4 is 0 Å². The Hall–Kier alpha value is 0.440. The molecule has 0 aromatic heterocycles. The molecule has 0 atom stereocenters. The summed E-state index contributed by atoms with van der Waals surface area (Å²) in [4.78, 5) is 0.00250. The maximum absolute atomic E-state index is 11.3. The third kappa shape index (κ3) is 2.14. The molecular formula is C2H3F5Te. The van der Waals surface area contributed by atoms with Crippen LogP contribution in [0, 0.1) is 0 Å². The van der Waals surface area contributed by atoms with Crippen molar-refractivity contribution < 1.29 is 19.0 Å². The van der Waals surface area contributed by atoms with Gasteiger partial charge in [-0.3, -0.25) is 0 Å². The fourth-order valence-corrected chi connectivity index (χ4v) is 0. The van der Waals surface area contributed by atoms with Crippen molar-refractivity contribution in [1.82, 2.24) is 0 Å². The zero-order chi connectivity index (χ0) is 7.00. The van der Waals surface area contributed by atoms with E-state index < -0.39 is 23.5 Å². The van der Waals surface area contributed by atoms with Gasteiger partial charge in [0.15, 0.2) is 0 Å². The van der Waals surface area contributed by atoms with E-state index in [0.717, 1.165) is 0 Å². The molecule has 0 rings (SSSR count). The summed E-state index contributed by atoms with van der Waals surface area (Å²) in [6.45, 7) is 0. The summed E-state index contributed by atoms with van der Waals surface area (Å²) in [5.74, 6) is 0. The first-order chi connectivity index (χ1) is 3.25. The van der Waals surface area contributed by atoms with E-state index in [4.69, 9.17) is 0 Å². The first kappa shape index (κ1) is 8.44. The molecule has 0 saturated carbocycles. The number of halogens is 5. The van der Waals surface area contributed by atoms with Crippen LogP contribution in [0.25, 0.3) is 0 Å². The average molecular weight is 250 g/mol. The second-order valence-electron chi connectivity index (χ2n) is 1.17. The van der Waals surface area contributed by atoms with E-state index in [0.29, 0.717) is 0 Å². The van der Waals surface area contributed by atoms with Crippen LogP contribution >= 0.6 is 0 Å². The van der Waals surface area contributed by atoms with Crippen LogP contribution in [0.15, 0.2) is 0 Å². The summed E-state index contributed by atoms with van der Waals surface area (Å²) in [6, 6.07) is 0. The Labute approximate surface area is 48.0 Å². The normalized spacial score (nSPS) is 16.2. The Kier molecular flexibility index (Phi) is 2.10. The van der Waals surface area contributed by atoms with Crippen molar-refractivity contribution in [3.63, 3.8) is 0 Å². The molecule has 0 aromatic rings. The van der Waals surface area contributed by atoms with Crippen molar-refractivity contribution in [2.45, 2.75) is 9.20 Å². The zero-order valence-corrected chi connectivity index (χ0v) is 6.13. The van der Waals surface area contributed by atoms with E-state index in [2.05, 4.69) is 0 Å². The van der Waals surface area contributed by atoms with Gasteiger partial charge in [-0.1, -0.05) is 0 Å². The van der Waals surface area contributed by atoms with Crippen LogP contribution in [0.4, 0.5) is 19.0 Å². The third-order valence-corrected chi connectivity index (χ3v) is 2.73. The molecule has 0 radical (unpaired) electrons. The van der Waals surface area contributed by atoms with E-state index in [1.165, 1.54) is 0 Å². The van der Waals surface area contributed by atoms with Crippen molar-refractivity contribution in [3.8, 4) is 0 Å². The minimum atomic E-state index is -6.34. The van der Waals surface area contributed by atoms with E-state index in [1.807, 2.05) is 0 Å². The summed E-state index contributed by atoms with van der Waals surface area (Å²) in [7, 11) is 0. The summed E-state index contributed by atoms with van der Waals surface area (Å²) >= 11 is -6.34. The van der Waals surface area contributed by atoms with Gasteiger partial charge < -0.3 is 0 Å². The first-order valence-electron chi connectivity index (χ1n) is 1.49. The van der Waals surface area contributed by atoms with E-state index in [-0.39, 0.29) is 4.97 Å². The molecule has 0 aliphatic carbocycles. The summed E-state index contributed by atoms with van der Waals surface area (Å²) in [5, 5.41) is 0. The Morgan fingerprint density at radius 1 is 1.12 bits per heavy atom. The zero-order valence-electron chi connectivity index (χ0n) is 3.80. The summed E-state index contributed by atoms with van der Waals surface area (Å²) in [6.07, 6.45) is 0. The summed E-state index contributed by atoms with van der Waals surface area (Å²) < 4.78 is 50.1. The van der Waals surface area contributed by atoms with Crippen molar-refractivity contribution >= 4 is 19.3 Å². The fourth-order valence-electron chi connectivity index (χ4n) is 0. The van der Waals surface area contributed by atoms with Gasteiger partial charge in [-0.2, -0.15) is 0 Å². The van der Waals surface area contributed by atoms with Crippen molar-refractivity contribution in [2.75, 3.05) is 0 Å². The SMILES string of the molecule is C[Te](F)(F)C(F)(F)F. The van der Waals surface area contributed by atoms with E-state index in [9.17, 15) is 19.0 Å². The molecule has 0 saturated heterocycles. The number of hydrogen-bond acceptors (Lipinski definition) is 0. The second kappa shape index (κ2) is 1.99. The number of rotatable bonds is 0. The topological polar surface area (TPSA) is 0 Å². The molecule has 52 valence electrons. The molecule has 0 bridgehead atoms. The molecule has 0 nitrogen and oxygen atoms in total. The van der Waals surface area contributed by atoms with Crippen molar-refractivity contribution in [1.29, 1.82) is 0 Å². The van der Waals surface area contributed by atoms with Crippen LogP contribution in [0.2, 0.25) is 4.97 Å². The molecule has 0 fully saturated rings. The molecule has 0 heterocycles. The molecule has 0 spiro atoms. The van der Waals surface area contributed by atoms with Crippen LogP contribution in [0.3, 0.4) is 0 Å². The van der Waals surface area contributed by atoms with Crippen molar-refractivity contribution in [3.05, 3.63) is 0 Å². The Morgan fingerprint density at radius 2 is 1.25 bits per heavy atom. The number of alkyl halides is 3. The molecule has 8 heavy (non-hydrogen) atoms. The van der Waals surface area contributed by atoms with Gasteiger partial charge in [0.1, 0.15) is 0 Å². The Balaban J connectivity index is 4.02. The summed E-state index contributed by atoms with van der Waals surface area (Å²) in [5.41, 5.74) is 0. The average Bonchev–Trinajstić information content (AvgIpc) is 1.25. The molecule has 0 aliphatic rings. The van der Waals surface area contributed by atoms with Crippen LogP contribution in [-0.4, -0.2) is 23.5 Å².